The number of fused-ring (bicyclic) bond motifs is 1. The number of carbonyl (C=O) groups is 1. The fraction of sp³-hybridized carbons (Fsp3) is 0.105. The molecule has 0 aliphatic rings. The van der Waals surface area contributed by atoms with Gasteiger partial charge in [-0.3, -0.25) is 9.78 Å². The first kappa shape index (κ1) is 15.2. The molecule has 0 saturated carbocycles. The van der Waals surface area contributed by atoms with Crippen LogP contribution in [0.3, 0.4) is 0 Å². The average molecular weight is 304 g/mol. The Morgan fingerprint density at radius 1 is 1.13 bits per heavy atom. The zero-order valence-corrected chi connectivity index (χ0v) is 12.7. The van der Waals surface area contributed by atoms with Gasteiger partial charge in [0.15, 0.2) is 0 Å². The lowest BCUT2D eigenvalue weighted by molar-refractivity contribution is -0.117. The van der Waals surface area contributed by atoms with Crippen LogP contribution in [-0.4, -0.2) is 17.4 Å². The number of hydrogen-bond donors (Lipinski definition) is 2. The Labute approximate surface area is 135 Å². The van der Waals surface area contributed by atoms with Crippen LogP contribution in [0.2, 0.25) is 0 Å². The number of anilines is 1. The van der Waals surface area contributed by atoms with Crippen molar-refractivity contribution in [3.8, 4) is 0 Å². The molecule has 0 aliphatic heterocycles. The number of aromatic nitrogens is 1. The Balaban J connectivity index is 1.81. The minimum atomic E-state index is -0.385. The molecule has 1 radical (unpaired) electrons. The monoisotopic (exact) mass is 304 g/mol. The maximum Gasteiger partial charge on any atom is 0.233 e. The molecular weight excluding hydrogens is 286 g/mol. The van der Waals surface area contributed by atoms with E-state index < -0.39 is 0 Å². The van der Waals surface area contributed by atoms with E-state index in [-0.39, 0.29) is 18.4 Å². The van der Waals surface area contributed by atoms with Crippen LogP contribution in [0.15, 0.2) is 60.9 Å². The summed E-state index contributed by atoms with van der Waals surface area (Å²) in [5.74, 6) is -0.499. The highest BCUT2D eigenvalue weighted by Gasteiger charge is 2.19. The lowest BCUT2D eigenvalue weighted by atomic mass is 9.97. The van der Waals surface area contributed by atoms with Crippen molar-refractivity contribution in [2.24, 2.45) is 5.73 Å². The van der Waals surface area contributed by atoms with Gasteiger partial charge in [-0.15, -0.1) is 0 Å². The van der Waals surface area contributed by atoms with E-state index in [1.165, 1.54) is 0 Å². The third-order valence-electron chi connectivity index (χ3n) is 3.84. The molecule has 1 heterocycles. The molecule has 4 heteroatoms. The average Bonchev–Trinajstić information content (AvgIpc) is 2.57. The SMILES string of the molecule is [CH2]c1ccc(C(CN)C(=O)Nc2ccc3cnccc3c2)cc1. The molecule has 0 fully saturated rings. The second-order valence-electron chi connectivity index (χ2n) is 5.46. The Morgan fingerprint density at radius 2 is 1.91 bits per heavy atom. The molecule has 4 nitrogen and oxygen atoms in total. The van der Waals surface area contributed by atoms with Gasteiger partial charge >= 0.3 is 0 Å². The van der Waals surface area contributed by atoms with Crippen LogP contribution in [-0.2, 0) is 4.79 Å². The fourth-order valence-corrected chi connectivity index (χ4v) is 2.53. The van der Waals surface area contributed by atoms with Crippen molar-refractivity contribution in [2.75, 3.05) is 11.9 Å². The number of rotatable bonds is 4. The molecule has 1 atom stereocenters. The Hall–Kier alpha value is -2.72. The van der Waals surface area contributed by atoms with Crippen LogP contribution in [0.5, 0.6) is 0 Å². The van der Waals surface area contributed by atoms with Gasteiger partial charge in [0.05, 0.1) is 5.92 Å². The van der Waals surface area contributed by atoms with E-state index in [0.717, 1.165) is 27.6 Å². The largest absolute Gasteiger partial charge is 0.329 e. The van der Waals surface area contributed by atoms with Gasteiger partial charge in [-0.1, -0.05) is 30.3 Å². The summed E-state index contributed by atoms with van der Waals surface area (Å²) in [6.45, 7) is 4.10. The Bertz CT molecular complexity index is 827. The van der Waals surface area contributed by atoms with E-state index in [1.54, 1.807) is 12.4 Å². The van der Waals surface area contributed by atoms with Gasteiger partial charge in [0.25, 0.3) is 0 Å². The highest BCUT2D eigenvalue weighted by atomic mass is 16.1. The second-order valence-corrected chi connectivity index (χ2v) is 5.46. The van der Waals surface area contributed by atoms with E-state index >= 15 is 0 Å². The highest BCUT2D eigenvalue weighted by Crippen LogP contribution is 2.21. The summed E-state index contributed by atoms with van der Waals surface area (Å²) in [7, 11) is 0. The quantitative estimate of drug-likeness (QED) is 0.778. The van der Waals surface area contributed by atoms with Gasteiger partial charge in [0, 0.05) is 30.0 Å². The van der Waals surface area contributed by atoms with Crippen LogP contribution >= 0.6 is 0 Å². The zero-order valence-electron chi connectivity index (χ0n) is 12.7. The molecule has 2 aromatic carbocycles. The smallest absolute Gasteiger partial charge is 0.233 e. The number of carbonyl (C=O) groups excluding carboxylic acids is 1. The summed E-state index contributed by atoms with van der Waals surface area (Å²) in [5.41, 5.74) is 8.36. The van der Waals surface area contributed by atoms with Gasteiger partial charge < -0.3 is 11.1 Å². The van der Waals surface area contributed by atoms with E-state index in [4.69, 9.17) is 5.73 Å². The standard InChI is InChI=1S/C19H18N3O/c1-13-2-4-14(5-3-13)18(11-20)19(23)22-17-7-6-16-12-21-9-8-15(16)10-17/h2-10,12,18H,1,11,20H2,(H,22,23). The van der Waals surface area contributed by atoms with Crippen molar-refractivity contribution in [1.82, 2.24) is 4.98 Å². The third kappa shape index (κ3) is 3.38. The van der Waals surface area contributed by atoms with Gasteiger partial charge in [0.1, 0.15) is 0 Å². The second kappa shape index (κ2) is 6.58. The van der Waals surface area contributed by atoms with Crippen LogP contribution in [0, 0.1) is 6.92 Å². The first-order chi connectivity index (χ1) is 11.2. The molecule has 1 aromatic heterocycles. The minimum absolute atomic E-state index is 0.113. The van der Waals surface area contributed by atoms with E-state index in [9.17, 15) is 4.79 Å². The van der Waals surface area contributed by atoms with Crippen molar-refractivity contribution in [2.45, 2.75) is 5.92 Å². The number of benzene rings is 2. The fourth-order valence-electron chi connectivity index (χ4n) is 2.53. The van der Waals surface area contributed by atoms with Crippen molar-refractivity contribution >= 4 is 22.4 Å². The number of amides is 1. The highest BCUT2D eigenvalue weighted by molar-refractivity contribution is 5.98. The summed E-state index contributed by atoms with van der Waals surface area (Å²) in [6, 6.07) is 15.2. The number of nitrogens with two attached hydrogens (primary N) is 1. The molecule has 3 rings (SSSR count). The lowest BCUT2D eigenvalue weighted by Gasteiger charge is -2.16. The predicted octanol–water partition coefficient (Wildman–Crippen LogP) is 3.10. The zero-order chi connectivity index (χ0) is 16.2. The molecule has 0 spiro atoms. The van der Waals surface area contributed by atoms with Crippen molar-refractivity contribution in [3.05, 3.63) is 79.0 Å². The first-order valence-corrected chi connectivity index (χ1v) is 7.44. The molecule has 0 bridgehead atoms. The topological polar surface area (TPSA) is 68.0 Å². The molecule has 1 unspecified atom stereocenters. The number of pyridine rings is 1. The molecule has 23 heavy (non-hydrogen) atoms. The summed E-state index contributed by atoms with van der Waals surface area (Å²) in [4.78, 5) is 16.6. The number of hydrogen-bond acceptors (Lipinski definition) is 3. The van der Waals surface area contributed by atoms with E-state index in [1.807, 2.05) is 48.5 Å². The normalized spacial score (nSPS) is 12.1. The Kier molecular flexibility index (Phi) is 4.35. The molecule has 0 aliphatic carbocycles. The molecule has 3 N–H and O–H groups in total. The van der Waals surface area contributed by atoms with Gasteiger partial charge in [0.2, 0.25) is 5.91 Å². The van der Waals surface area contributed by atoms with E-state index in [2.05, 4.69) is 17.2 Å². The summed E-state index contributed by atoms with van der Waals surface area (Å²) in [5, 5.41) is 5.01. The molecule has 115 valence electrons. The molecular formula is C19H18N3O. The first-order valence-electron chi connectivity index (χ1n) is 7.44. The maximum absolute atomic E-state index is 12.5. The molecule has 1 amide bonds. The van der Waals surface area contributed by atoms with Crippen molar-refractivity contribution < 1.29 is 4.79 Å². The lowest BCUT2D eigenvalue weighted by Crippen LogP contribution is -2.27. The van der Waals surface area contributed by atoms with Crippen LogP contribution < -0.4 is 11.1 Å². The summed E-state index contributed by atoms with van der Waals surface area (Å²) in [6.07, 6.45) is 3.53. The van der Waals surface area contributed by atoms with Gasteiger partial charge in [-0.25, -0.2) is 0 Å². The molecule has 0 saturated heterocycles. The van der Waals surface area contributed by atoms with Crippen molar-refractivity contribution in [3.63, 3.8) is 0 Å². The summed E-state index contributed by atoms with van der Waals surface area (Å²) < 4.78 is 0. The molecule has 3 aromatic rings. The number of nitrogens with one attached hydrogen (secondary N) is 1. The minimum Gasteiger partial charge on any atom is -0.329 e. The van der Waals surface area contributed by atoms with Crippen LogP contribution in [0.4, 0.5) is 5.69 Å². The van der Waals surface area contributed by atoms with Gasteiger partial charge in [-0.05, 0) is 41.6 Å². The summed E-state index contributed by atoms with van der Waals surface area (Å²) >= 11 is 0. The number of nitrogens with zero attached hydrogens (tertiary/aromatic N) is 1. The maximum atomic E-state index is 12.5. The van der Waals surface area contributed by atoms with Crippen LogP contribution in [0.1, 0.15) is 17.0 Å². The van der Waals surface area contributed by atoms with E-state index in [0.29, 0.717) is 0 Å². The third-order valence-corrected chi connectivity index (χ3v) is 3.84. The van der Waals surface area contributed by atoms with Crippen molar-refractivity contribution in [1.29, 1.82) is 0 Å². The Morgan fingerprint density at radius 3 is 2.65 bits per heavy atom. The van der Waals surface area contributed by atoms with Crippen LogP contribution in [0.25, 0.3) is 10.8 Å². The van der Waals surface area contributed by atoms with Gasteiger partial charge in [-0.2, -0.15) is 0 Å². The predicted molar refractivity (Wildman–Crippen MR) is 93.1 cm³/mol.